The summed E-state index contributed by atoms with van der Waals surface area (Å²) < 4.78 is 0. The maximum Gasteiger partial charge on any atom is 0.0346 e. The fourth-order valence-electron chi connectivity index (χ4n) is 1.54. The predicted octanol–water partition coefficient (Wildman–Crippen LogP) is 1.61. The van der Waals surface area contributed by atoms with Crippen LogP contribution in [0.3, 0.4) is 0 Å². The van der Waals surface area contributed by atoms with Gasteiger partial charge in [0.25, 0.3) is 0 Å². The smallest absolute Gasteiger partial charge is 0.0346 e. The number of hydrogen-bond acceptors (Lipinski definition) is 2. The predicted molar refractivity (Wildman–Crippen MR) is 55.4 cm³/mol. The Hall–Kier alpha value is -1.02. The van der Waals surface area contributed by atoms with E-state index in [4.69, 9.17) is 11.5 Å². The Bertz CT molecular complexity index is 327. The summed E-state index contributed by atoms with van der Waals surface area (Å²) in [7, 11) is 0. The van der Waals surface area contributed by atoms with Gasteiger partial charge in [0.15, 0.2) is 0 Å². The van der Waals surface area contributed by atoms with Crippen LogP contribution in [0.15, 0.2) is 18.2 Å². The van der Waals surface area contributed by atoms with E-state index in [1.807, 2.05) is 13.0 Å². The Balaban J connectivity index is 2.17. The molecule has 0 spiro atoms. The number of anilines is 1. The fourth-order valence-corrected chi connectivity index (χ4v) is 1.54. The molecule has 0 saturated heterocycles. The maximum absolute atomic E-state index is 6.03. The van der Waals surface area contributed by atoms with Crippen LogP contribution in [0.4, 0.5) is 5.69 Å². The lowest BCUT2D eigenvalue weighted by Gasteiger charge is -2.09. The van der Waals surface area contributed by atoms with Crippen LogP contribution in [0.2, 0.25) is 0 Å². The largest absolute Gasteiger partial charge is 0.399 e. The van der Waals surface area contributed by atoms with Gasteiger partial charge in [-0.05, 0) is 43.4 Å². The monoisotopic (exact) mass is 176 g/mol. The van der Waals surface area contributed by atoms with Gasteiger partial charge < -0.3 is 11.5 Å². The molecule has 1 fully saturated rings. The van der Waals surface area contributed by atoms with E-state index in [1.165, 1.54) is 5.56 Å². The standard InChI is InChI=1S/C11H16N2/c1-8-2-3-9(6-10(8)12)7-11(13)4-5-11/h2-3,6H,4-5,7,12-13H2,1H3. The molecule has 0 amide bonds. The van der Waals surface area contributed by atoms with Gasteiger partial charge in [0.2, 0.25) is 0 Å². The van der Waals surface area contributed by atoms with Crippen LogP contribution < -0.4 is 11.5 Å². The molecule has 2 rings (SSSR count). The van der Waals surface area contributed by atoms with Crippen molar-refractivity contribution in [3.63, 3.8) is 0 Å². The molecule has 0 heterocycles. The Morgan fingerprint density at radius 1 is 1.38 bits per heavy atom. The van der Waals surface area contributed by atoms with Gasteiger partial charge in [0, 0.05) is 11.2 Å². The highest BCUT2D eigenvalue weighted by Gasteiger charge is 2.37. The van der Waals surface area contributed by atoms with Crippen LogP contribution in [0.5, 0.6) is 0 Å². The number of benzene rings is 1. The molecular weight excluding hydrogens is 160 g/mol. The third kappa shape index (κ3) is 1.83. The summed E-state index contributed by atoms with van der Waals surface area (Å²) in [6.07, 6.45) is 3.28. The topological polar surface area (TPSA) is 52.0 Å². The molecule has 0 aliphatic heterocycles. The van der Waals surface area contributed by atoms with Crippen molar-refractivity contribution in [3.05, 3.63) is 29.3 Å². The Morgan fingerprint density at radius 2 is 2.08 bits per heavy atom. The average Bonchev–Trinajstić information content (AvgIpc) is 2.76. The van der Waals surface area contributed by atoms with Gasteiger partial charge in [-0.15, -0.1) is 0 Å². The van der Waals surface area contributed by atoms with Crippen molar-refractivity contribution in [2.45, 2.75) is 31.7 Å². The van der Waals surface area contributed by atoms with Gasteiger partial charge in [-0.25, -0.2) is 0 Å². The number of aryl methyl sites for hydroxylation is 1. The first-order valence-electron chi connectivity index (χ1n) is 4.73. The Kier molecular flexibility index (Phi) is 1.81. The highest BCUT2D eigenvalue weighted by Crippen LogP contribution is 2.35. The Labute approximate surface area is 78.9 Å². The van der Waals surface area contributed by atoms with Gasteiger partial charge >= 0.3 is 0 Å². The molecule has 4 N–H and O–H groups in total. The van der Waals surface area contributed by atoms with Crippen LogP contribution in [0.1, 0.15) is 24.0 Å². The molecule has 0 aromatic heterocycles. The van der Waals surface area contributed by atoms with E-state index in [0.717, 1.165) is 30.5 Å². The zero-order chi connectivity index (χ0) is 9.47. The fraction of sp³-hybridized carbons (Fsp3) is 0.455. The van der Waals surface area contributed by atoms with Crippen LogP contribution in [0.25, 0.3) is 0 Å². The molecule has 0 atom stereocenters. The molecular formula is C11H16N2. The maximum atomic E-state index is 6.03. The van der Waals surface area contributed by atoms with E-state index in [9.17, 15) is 0 Å². The zero-order valence-electron chi connectivity index (χ0n) is 8.01. The molecule has 0 unspecified atom stereocenters. The number of nitrogen functional groups attached to an aromatic ring is 1. The van der Waals surface area contributed by atoms with E-state index < -0.39 is 0 Å². The van der Waals surface area contributed by atoms with E-state index >= 15 is 0 Å². The van der Waals surface area contributed by atoms with Gasteiger partial charge in [-0.3, -0.25) is 0 Å². The van der Waals surface area contributed by atoms with Crippen molar-refractivity contribution < 1.29 is 0 Å². The molecule has 0 radical (unpaired) electrons. The number of hydrogen-bond donors (Lipinski definition) is 2. The third-order valence-corrected chi connectivity index (χ3v) is 2.79. The summed E-state index contributed by atoms with van der Waals surface area (Å²) in [5.41, 5.74) is 15.2. The first-order valence-corrected chi connectivity index (χ1v) is 4.73. The van der Waals surface area contributed by atoms with Gasteiger partial charge in [-0.1, -0.05) is 12.1 Å². The normalized spacial score (nSPS) is 18.6. The summed E-state index contributed by atoms with van der Waals surface area (Å²) in [5.74, 6) is 0. The zero-order valence-corrected chi connectivity index (χ0v) is 8.01. The van der Waals surface area contributed by atoms with E-state index in [2.05, 4.69) is 12.1 Å². The molecule has 0 bridgehead atoms. The summed E-state index contributed by atoms with van der Waals surface area (Å²) in [5, 5.41) is 0. The van der Waals surface area contributed by atoms with Crippen molar-refractivity contribution >= 4 is 5.69 Å². The summed E-state index contributed by atoms with van der Waals surface area (Å²) in [6.45, 7) is 2.02. The molecule has 1 aromatic rings. The first-order chi connectivity index (χ1) is 6.09. The van der Waals surface area contributed by atoms with Crippen molar-refractivity contribution in [2.24, 2.45) is 5.73 Å². The lowest BCUT2D eigenvalue weighted by molar-refractivity contribution is 0.672. The quantitative estimate of drug-likeness (QED) is 0.673. The van der Waals surface area contributed by atoms with E-state index in [-0.39, 0.29) is 5.54 Å². The average molecular weight is 176 g/mol. The molecule has 2 nitrogen and oxygen atoms in total. The highest BCUT2D eigenvalue weighted by atomic mass is 14.8. The second-order valence-corrected chi connectivity index (χ2v) is 4.23. The van der Waals surface area contributed by atoms with E-state index in [1.54, 1.807) is 0 Å². The van der Waals surface area contributed by atoms with Crippen LogP contribution in [0, 0.1) is 6.92 Å². The third-order valence-electron chi connectivity index (χ3n) is 2.79. The van der Waals surface area contributed by atoms with Crippen LogP contribution in [-0.4, -0.2) is 5.54 Å². The number of nitrogens with two attached hydrogens (primary N) is 2. The van der Waals surface area contributed by atoms with Crippen LogP contribution in [-0.2, 0) is 6.42 Å². The minimum Gasteiger partial charge on any atom is -0.399 e. The molecule has 1 aromatic carbocycles. The number of rotatable bonds is 2. The minimum absolute atomic E-state index is 0.0850. The molecule has 13 heavy (non-hydrogen) atoms. The van der Waals surface area contributed by atoms with Crippen LogP contribution >= 0.6 is 0 Å². The molecule has 1 saturated carbocycles. The van der Waals surface area contributed by atoms with Crippen molar-refractivity contribution in [1.82, 2.24) is 0 Å². The van der Waals surface area contributed by atoms with Crippen molar-refractivity contribution in [1.29, 1.82) is 0 Å². The Morgan fingerprint density at radius 3 is 2.62 bits per heavy atom. The lowest BCUT2D eigenvalue weighted by Crippen LogP contribution is -2.24. The van der Waals surface area contributed by atoms with Crippen molar-refractivity contribution in [2.75, 3.05) is 5.73 Å². The van der Waals surface area contributed by atoms with Crippen molar-refractivity contribution in [3.8, 4) is 0 Å². The van der Waals surface area contributed by atoms with Gasteiger partial charge in [-0.2, -0.15) is 0 Å². The first kappa shape index (κ1) is 8.57. The molecule has 1 aliphatic carbocycles. The summed E-state index contributed by atoms with van der Waals surface area (Å²) in [4.78, 5) is 0. The minimum atomic E-state index is 0.0850. The highest BCUT2D eigenvalue weighted by molar-refractivity contribution is 5.48. The SMILES string of the molecule is Cc1ccc(CC2(N)CC2)cc1N. The lowest BCUT2D eigenvalue weighted by atomic mass is 10.0. The van der Waals surface area contributed by atoms with Gasteiger partial charge in [0.05, 0.1) is 0 Å². The van der Waals surface area contributed by atoms with E-state index in [0.29, 0.717) is 0 Å². The molecule has 70 valence electrons. The second-order valence-electron chi connectivity index (χ2n) is 4.23. The van der Waals surface area contributed by atoms with Gasteiger partial charge in [0.1, 0.15) is 0 Å². The summed E-state index contributed by atoms with van der Waals surface area (Å²) in [6, 6.07) is 6.23. The molecule has 1 aliphatic rings. The second kappa shape index (κ2) is 2.74. The summed E-state index contributed by atoms with van der Waals surface area (Å²) >= 11 is 0. The molecule has 2 heteroatoms.